The molecule has 0 bridgehead atoms. The lowest BCUT2D eigenvalue weighted by Gasteiger charge is -2.22. The fourth-order valence-corrected chi connectivity index (χ4v) is 2.68. The van der Waals surface area contributed by atoms with Crippen molar-refractivity contribution in [3.8, 4) is 11.5 Å². The first-order chi connectivity index (χ1) is 11.2. The van der Waals surface area contributed by atoms with E-state index < -0.39 is 0 Å². The molecule has 1 aliphatic rings. The van der Waals surface area contributed by atoms with Crippen LogP contribution in [-0.2, 0) is 4.79 Å². The van der Waals surface area contributed by atoms with Crippen LogP contribution in [0, 0.1) is 6.92 Å². The zero-order valence-electron chi connectivity index (χ0n) is 14.0. The van der Waals surface area contributed by atoms with Crippen LogP contribution in [0.4, 0.5) is 5.69 Å². The Labute approximate surface area is 160 Å². The number of carbonyl (C=O) groups is 1. The third-order valence-corrected chi connectivity index (χ3v) is 3.93. The number of rotatable bonds is 4. The summed E-state index contributed by atoms with van der Waals surface area (Å²) < 4.78 is 5.80. The van der Waals surface area contributed by atoms with E-state index in [1.165, 1.54) is 0 Å². The first-order valence-electron chi connectivity index (χ1n) is 7.95. The molecule has 1 saturated heterocycles. The van der Waals surface area contributed by atoms with E-state index in [1.807, 2.05) is 37.3 Å². The predicted octanol–water partition coefficient (Wildman–Crippen LogP) is 4.11. The van der Waals surface area contributed by atoms with E-state index in [9.17, 15) is 4.79 Å². The second kappa shape index (κ2) is 10.2. The van der Waals surface area contributed by atoms with Gasteiger partial charge in [-0.05, 0) is 62.2 Å². The van der Waals surface area contributed by atoms with Crippen molar-refractivity contribution in [3.63, 3.8) is 0 Å². The molecule has 0 radical (unpaired) electrons. The lowest BCUT2D eigenvalue weighted by Crippen LogP contribution is -2.43. The van der Waals surface area contributed by atoms with E-state index in [0.717, 1.165) is 42.8 Å². The Bertz CT molecular complexity index is 677. The van der Waals surface area contributed by atoms with Gasteiger partial charge in [0.2, 0.25) is 5.91 Å². The van der Waals surface area contributed by atoms with Crippen molar-refractivity contribution < 1.29 is 9.53 Å². The number of hydrogen-bond acceptors (Lipinski definition) is 4. The molecular weight excluding hydrogens is 361 g/mol. The molecule has 1 fully saturated rings. The van der Waals surface area contributed by atoms with E-state index in [2.05, 4.69) is 15.6 Å². The van der Waals surface area contributed by atoms with Crippen molar-refractivity contribution in [3.05, 3.63) is 48.3 Å². The quantitative estimate of drug-likeness (QED) is 0.833. The molecule has 1 amide bonds. The molecule has 3 rings (SSSR count). The van der Waals surface area contributed by atoms with Crippen LogP contribution in [0.2, 0.25) is 0 Å². The molecule has 2 aromatic rings. The molecule has 1 aromatic heterocycles. The van der Waals surface area contributed by atoms with Gasteiger partial charge in [0.15, 0.2) is 0 Å². The molecule has 1 aliphatic heterocycles. The Balaban J connectivity index is 0.00000156. The standard InChI is InChI=1S/C18H21N3O2.2ClH/c1-13-11-14(21-18(22)16-6-2-3-10-20-16)7-8-17(13)23-15-5-4-9-19-12-15;;/h4-5,7-9,11-12,16,20H,2-3,6,10H2,1H3,(H,21,22);2*1H/t16-;;/m1../s1. The first kappa shape index (κ1) is 21.2. The van der Waals surface area contributed by atoms with Crippen molar-refractivity contribution in [2.75, 3.05) is 11.9 Å². The number of hydrogen-bond donors (Lipinski definition) is 2. The molecule has 2 N–H and O–H groups in total. The number of amides is 1. The first-order valence-corrected chi connectivity index (χ1v) is 7.95. The van der Waals surface area contributed by atoms with Gasteiger partial charge in [0.1, 0.15) is 11.5 Å². The number of aryl methyl sites for hydroxylation is 1. The van der Waals surface area contributed by atoms with Gasteiger partial charge in [-0.15, -0.1) is 24.8 Å². The number of ether oxygens (including phenoxy) is 1. The van der Waals surface area contributed by atoms with Gasteiger partial charge in [0.25, 0.3) is 0 Å². The topological polar surface area (TPSA) is 63.2 Å². The molecule has 0 unspecified atom stereocenters. The highest BCUT2D eigenvalue weighted by Crippen LogP contribution is 2.27. The fourth-order valence-electron chi connectivity index (χ4n) is 2.68. The highest BCUT2D eigenvalue weighted by atomic mass is 35.5. The number of anilines is 1. The van der Waals surface area contributed by atoms with Crippen LogP contribution in [0.15, 0.2) is 42.7 Å². The van der Waals surface area contributed by atoms with Crippen molar-refractivity contribution in [1.82, 2.24) is 10.3 Å². The number of piperidine rings is 1. The van der Waals surface area contributed by atoms with Crippen LogP contribution >= 0.6 is 24.8 Å². The number of benzene rings is 1. The number of nitrogens with zero attached hydrogens (tertiary/aromatic N) is 1. The number of halogens is 2. The summed E-state index contributed by atoms with van der Waals surface area (Å²) in [7, 11) is 0. The van der Waals surface area contributed by atoms with Crippen LogP contribution in [0.5, 0.6) is 11.5 Å². The summed E-state index contributed by atoms with van der Waals surface area (Å²) >= 11 is 0. The largest absolute Gasteiger partial charge is 0.455 e. The molecule has 136 valence electrons. The van der Waals surface area contributed by atoms with E-state index in [1.54, 1.807) is 12.4 Å². The lowest BCUT2D eigenvalue weighted by molar-refractivity contribution is -0.118. The summed E-state index contributed by atoms with van der Waals surface area (Å²) in [6.07, 6.45) is 6.51. The predicted molar refractivity (Wildman–Crippen MR) is 104 cm³/mol. The minimum Gasteiger partial charge on any atom is -0.455 e. The minimum atomic E-state index is -0.0876. The van der Waals surface area contributed by atoms with Crippen LogP contribution in [-0.4, -0.2) is 23.5 Å². The molecule has 1 atom stereocenters. The smallest absolute Gasteiger partial charge is 0.241 e. The van der Waals surface area contributed by atoms with Gasteiger partial charge in [-0.2, -0.15) is 0 Å². The Kier molecular flexibility index (Phi) is 8.69. The zero-order chi connectivity index (χ0) is 16.1. The van der Waals surface area contributed by atoms with Gasteiger partial charge in [-0.25, -0.2) is 0 Å². The highest BCUT2D eigenvalue weighted by molar-refractivity contribution is 5.95. The molecule has 0 spiro atoms. The molecule has 0 aliphatic carbocycles. The van der Waals surface area contributed by atoms with Crippen molar-refractivity contribution in [2.24, 2.45) is 0 Å². The van der Waals surface area contributed by atoms with Gasteiger partial charge < -0.3 is 15.4 Å². The maximum absolute atomic E-state index is 12.2. The Morgan fingerprint density at radius 2 is 2.12 bits per heavy atom. The summed E-state index contributed by atoms with van der Waals surface area (Å²) in [4.78, 5) is 16.3. The third-order valence-electron chi connectivity index (χ3n) is 3.93. The van der Waals surface area contributed by atoms with Gasteiger partial charge in [0, 0.05) is 11.9 Å². The van der Waals surface area contributed by atoms with Crippen molar-refractivity contribution in [2.45, 2.75) is 32.2 Å². The SMILES string of the molecule is Cc1cc(NC(=O)[C@H]2CCCCN2)ccc1Oc1cccnc1.Cl.Cl. The average molecular weight is 384 g/mol. The van der Waals surface area contributed by atoms with Gasteiger partial charge >= 0.3 is 0 Å². The molecule has 5 nitrogen and oxygen atoms in total. The Hall–Kier alpha value is -1.82. The summed E-state index contributed by atoms with van der Waals surface area (Å²) in [6.45, 7) is 2.87. The minimum absolute atomic E-state index is 0. The summed E-state index contributed by atoms with van der Waals surface area (Å²) in [5, 5.41) is 6.23. The van der Waals surface area contributed by atoms with Crippen LogP contribution in [0.1, 0.15) is 24.8 Å². The summed E-state index contributed by atoms with van der Waals surface area (Å²) in [5.74, 6) is 1.48. The molecule has 2 heterocycles. The van der Waals surface area contributed by atoms with Crippen molar-refractivity contribution >= 4 is 36.4 Å². The van der Waals surface area contributed by atoms with E-state index in [0.29, 0.717) is 5.75 Å². The number of carbonyl (C=O) groups excluding carboxylic acids is 1. The fraction of sp³-hybridized carbons (Fsp3) is 0.333. The summed E-state index contributed by atoms with van der Waals surface area (Å²) in [5.41, 5.74) is 1.75. The molecular formula is C18H23Cl2N3O2. The number of aromatic nitrogens is 1. The van der Waals surface area contributed by atoms with E-state index >= 15 is 0 Å². The Morgan fingerprint density at radius 3 is 2.76 bits per heavy atom. The average Bonchev–Trinajstić information content (AvgIpc) is 2.59. The second-order valence-corrected chi connectivity index (χ2v) is 5.76. The molecule has 0 saturated carbocycles. The van der Waals surface area contributed by atoms with E-state index in [4.69, 9.17) is 4.74 Å². The zero-order valence-corrected chi connectivity index (χ0v) is 15.7. The Morgan fingerprint density at radius 1 is 1.28 bits per heavy atom. The summed E-state index contributed by atoms with van der Waals surface area (Å²) in [6, 6.07) is 9.25. The second-order valence-electron chi connectivity index (χ2n) is 5.76. The van der Waals surface area contributed by atoms with Gasteiger partial charge in [0.05, 0.1) is 12.2 Å². The number of nitrogens with one attached hydrogen (secondary N) is 2. The van der Waals surface area contributed by atoms with E-state index in [-0.39, 0.29) is 36.8 Å². The molecule has 1 aromatic carbocycles. The van der Waals surface area contributed by atoms with Gasteiger partial charge in [-0.3, -0.25) is 9.78 Å². The normalized spacial score (nSPS) is 16.1. The van der Waals surface area contributed by atoms with Crippen LogP contribution < -0.4 is 15.4 Å². The molecule has 25 heavy (non-hydrogen) atoms. The maximum atomic E-state index is 12.2. The van der Waals surface area contributed by atoms with Gasteiger partial charge in [-0.1, -0.05) is 6.42 Å². The number of pyridine rings is 1. The monoisotopic (exact) mass is 383 g/mol. The molecule has 7 heteroatoms. The van der Waals surface area contributed by atoms with Crippen molar-refractivity contribution in [1.29, 1.82) is 0 Å². The highest BCUT2D eigenvalue weighted by Gasteiger charge is 2.20. The lowest BCUT2D eigenvalue weighted by atomic mass is 10.0. The van der Waals surface area contributed by atoms with Crippen LogP contribution in [0.25, 0.3) is 0 Å². The third kappa shape index (κ3) is 5.88. The maximum Gasteiger partial charge on any atom is 0.241 e. The van der Waals surface area contributed by atoms with Crippen LogP contribution in [0.3, 0.4) is 0 Å².